The van der Waals surface area contributed by atoms with Crippen LogP contribution in [0.2, 0.25) is 0 Å². The molecule has 0 radical (unpaired) electrons. The third kappa shape index (κ3) is 8.51. The van der Waals surface area contributed by atoms with E-state index in [1.165, 1.54) is 29.2 Å². The highest BCUT2D eigenvalue weighted by atomic mass is 32.2. The SMILES string of the molecule is CC[C@@H](C)NC(=O)[C@H](C)N(Cc1ccc(OC)cc1)C(=O)CCCN(c1ccc(F)cc1)S(C)(=O)=O. The third-order valence-electron chi connectivity index (χ3n) is 5.95. The lowest BCUT2D eigenvalue weighted by atomic mass is 10.1. The Hall–Kier alpha value is -3.14. The number of methoxy groups -OCH3 is 1. The molecule has 2 amide bonds. The van der Waals surface area contributed by atoms with Crippen LogP contribution in [0, 0.1) is 5.82 Å². The number of halogens is 1. The average Bonchev–Trinajstić information content (AvgIpc) is 2.84. The number of ether oxygens (including phenoxy) is 1. The summed E-state index contributed by atoms with van der Waals surface area (Å²) >= 11 is 0. The number of carbonyl (C=O) groups is 2. The Morgan fingerprint density at radius 2 is 1.67 bits per heavy atom. The van der Waals surface area contributed by atoms with Gasteiger partial charge in [0.2, 0.25) is 21.8 Å². The van der Waals surface area contributed by atoms with Crippen molar-refractivity contribution in [2.75, 3.05) is 24.2 Å². The summed E-state index contributed by atoms with van der Waals surface area (Å²) in [5.41, 5.74) is 1.15. The summed E-state index contributed by atoms with van der Waals surface area (Å²) < 4.78 is 44.3. The number of benzene rings is 2. The molecule has 8 nitrogen and oxygen atoms in total. The topological polar surface area (TPSA) is 96.0 Å². The first-order valence-corrected chi connectivity index (χ1v) is 13.8. The van der Waals surface area contributed by atoms with Crippen LogP contribution in [-0.2, 0) is 26.2 Å². The van der Waals surface area contributed by atoms with Gasteiger partial charge in [-0.05, 0) is 68.7 Å². The number of hydrogen-bond donors (Lipinski definition) is 1. The van der Waals surface area contributed by atoms with Crippen LogP contribution in [0.3, 0.4) is 0 Å². The van der Waals surface area contributed by atoms with E-state index < -0.39 is 21.9 Å². The van der Waals surface area contributed by atoms with Crippen molar-refractivity contribution in [2.45, 2.75) is 58.7 Å². The summed E-state index contributed by atoms with van der Waals surface area (Å²) in [6.45, 7) is 5.80. The standard InChI is InChI=1S/C26H36FN3O5S/c1-6-19(2)28-26(32)20(3)29(18-21-9-15-24(35-4)16-10-21)25(31)8-7-17-30(36(5,33)34)23-13-11-22(27)12-14-23/h9-16,19-20H,6-8,17-18H2,1-5H3,(H,28,32)/t19-,20+/m1/s1. The summed E-state index contributed by atoms with van der Waals surface area (Å²) in [5.74, 6) is -0.317. The molecule has 36 heavy (non-hydrogen) atoms. The highest BCUT2D eigenvalue weighted by Crippen LogP contribution is 2.20. The molecule has 0 saturated carbocycles. The molecule has 0 fully saturated rings. The summed E-state index contributed by atoms with van der Waals surface area (Å²) in [6, 6.07) is 11.6. The van der Waals surface area contributed by atoms with E-state index in [-0.39, 0.29) is 43.8 Å². The molecule has 0 unspecified atom stereocenters. The van der Waals surface area contributed by atoms with Crippen molar-refractivity contribution in [3.63, 3.8) is 0 Å². The van der Waals surface area contributed by atoms with Crippen molar-refractivity contribution in [2.24, 2.45) is 0 Å². The van der Waals surface area contributed by atoms with Crippen molar-refractivity contribution in [1.29, 1.82) is 0 Å². The summed E-state index contributed by atoms with van der Waals surface area (Å²) in [7, 11) is -2.07. The van der Waals surface area contributed by atoms with Crippen LogP contribution in [0.5, 0.6) is 5.75 Å². The van der Waals surface area contributed by atoms with E-state index in [4.69, 9.17) is 4.74 Å². The highest BCUT2D eigenvalue weighted by Gasteiger charge is 2.27. The van der Waals surface area contributed by atoms with Crippen LogP contribution >= 0.6 is 0 Å². The van der Waals surface area contributed by atoms with E-state index in [1.54, 1.807) is 26.2 Å². The highest BCUT2D eigenvalue weighted by molar-refractivity contribution is 7.92. The van der Waals surface area contributed by atoms with Crippen LogP contribution in [0.25, 0.3) is 0 Å². The molecule has 2 atom stereocenters. The molecule has 2 rings (SSSR count). The van der Waals surface area contributed by atoms with Gasteiger partial charge in [0.1, 0.15) is 17.6 Å². The number of nitrogens with one attached hydrogen (secondary N) is 1. The average molecular weight is 522 g/mol. The Morgan fingerprint density at radius 3 is 2.19 bits per heavy atom. The number of hydrogen-bond acceptors (Lipinski definition) is 5. The predicted octanol–water partition coefficient (Wildman–Crippen LogP) is 3.71. The molecule has 1 N–H and O–H groups in total. The molecule has 0 aliphatic heterocycles. The van der Waals surface area contributed by atoms with Crippen LogP contribution in [-0.4, -0.2) is 57.1 Å². The molecule has 0 aromatic heterocycles. The van der Waals surface area contributed by atoms with Crippen molar-refractivity contribution < 1.29 is 27.1 Å². The molecule has 198 valence electrons. The molecule has 10 heteroatoms. The molecule has 0 spiro atoms. The van der Waals surface area contributed by atoms with Crippen LogP contribution in [0.15, 0.2) is 48.5 Å². The second kappa shape index (κ2) is 13.2. The van der Waals surface area contributed by atoms with Gasteiger partial charge in [-0.2, -0.15) is 0 Å². The maximum Gasteiger partial charge on any atom is 0.242 e. The predicted molar refractivity (Wildman–Crippen MR) is 139 cm³/mol. The van der Waals surface area contributed by atoms with E-state index in [0.29, 0.717) is 11.4 Å². The van der Waals surface area contributed by atoms with Gasteiger partial charge in [-0.25, -0.2) is 12.8 Å². The minimum atomic E-state index is -3.64. The fraction of sp³-hybridized carbons (Fsp3) is 0.462. The van der Waals surface area contributed by atoms with Crippen LogP contribution in [0.4, 0.5) is 10.1 Å². The lowest BCUT2D eigenvalue weighted by Gasteiger charge is -2.30. The van der Waals surface area contributed by atoms with E-state index in [1.807, 2.05) is 26.0 Å². The molecule has 0 saturated heterocycles. The molecule has 0 aliphatic carbocycles. The van der Waals surface area contributed by atoms with Gasteiger partial charge in [0.05, 0.1) is 19.1 Å². The number of amides is 2. The molecular formula is C26H36FN3O5S. The van der Waals surface area contributed by atoms with E-state index in [9.17, 15) is 22.4 Å². The third-order valence-corrected chi connectivity index (χ3v) is 7.14. The number of sulfonamides is 1. The monoisotopic (exact) mass is 521 g/mol. The van der Waals surface area contributed by atoms with Crippen molar-refractivity contribution in [3.05, 3.63) is 59.9 Å². The minimum absolute atomic E-state index is 0.0306. The van der Waals surface area contributed by atoms with E-state index in [2.05, 4.69) is 5.32 Å². The van der Waals surface area contributed by atoms with Gasteiger partial charge < -0.3 is 15.0 Å². The van der Waals surface area contributed by atoms with Crippen LogP contribution < -0.4 is 14.4 Å². The van der Waals surface area contributed by atoms with Gasteiger partial charge in [0.15, 0.2) is 0 Å². The zero-order valence-electron chi connectivity index (χ0n) is 21.5. The van der Waals surface area contributed by atoms with Gasteiger partial charge in [-0.15, -0.1) is 0 Å². The van der Waals surface area contributed by atoms with Gasteiger partial charge in [-0.3, -0.25) is 13.9 Å². The molecule has 0 heterocycles. The van der Waals surface area contributed by atoms with Gasteiger partial charge in [0.25, 0.3) is 0 Å². The Morgan fingerprint density at radius 1 is 1.06 bits per heavy atom. The summed E-state index contributed by atoms with van der Waals surface area (Å²) in [6.07, 6.45) is 2.08. The quantitative estimate of drug-likeness (QED) is 0.434. The number of anilines is 1. The lowest BCUT2D eigenvalue weighted by molar-refractivity contribution is -0.140. The maximum atomic E-state index is 13.3. The van der Waals surface area contributed by atoms with E-state index >= 15 is 0 Å². The lowest BCUT2D eigenvalue weighted by Crippen LogP contribution is -2.49. The zero-order chi connectivity index (χ0) is 26.9. The van der Waals surface area contributed by atoms with E-state index in [0.717, 1.165) is 22.5 Å². The maximum absolute atomic E-state index is 13.3. The molecule has 2 aromatic carbocycles. The first-order valence-electron chi connectivity index (χ1n) is 11.9. The van der Waals surface area contributed by atoms with Gasteiger partial charge >= 0.3 is 0 Å². The number of nitrogens with zero attached hydrogens (tertiary/aromatic N) is 2. The zero-order valence-corrected chi connectivity index (χ0v) is 22.3. The first kappa shape index (κ1) is 29.1. The fourth-order valence-electron chi connectivity index (χ4n) is 3.59. The Balaban J connectivity index is 2.17. The van der Waals surface area contributed by atoms with Crippen molar-refractivity contribution in [3.8, 4) is 5.75 Å². The second-order valence-corrected chi connectivity index (χ2v) is 10.7. The largest absolute Gasteiger partial charge is 0.497 e. The Labute approximate surface area is 213 Å². The Kier molecular flexibility index (Phi) is 10.7. The first-order chi connectivity index (χ1) is 17.0. The Bertz CT molecular complexity index is 1110. The molecule has 2 aromatic rings. The smallest absolute Gasteiger partial charge is 0.242 e. The van der Waals surface area contributed by atoms with Gasteiger partial charge in [-0.1, -0.05) is 19.1 Å². The number of rotatable bonds is 13. The molecular weight excluding hydrogens is 485 g/mol. The number of carbonyl (C=O) groups excluding carboxylic acids is 2. The fourth-order valence-corrected chi connectivity index (χ4v) is 4.55. The van der Waals surface area contributed by atoms with Crippen molar-refractivity contribution in [1.82, 2.24) is 10.2 Å². The second-order valence-electron chi connectivity index (χ2n) is 8.78. The van der Waals surface area contributed by atoms with Gasteiger partial charge in [0, 0.05) is 25.6 Å². The van der Waals surface area contributed by atoms with Crippen molar-refractivity contribution >= 4 is 27.5 Å². The minimum Gasteiger partial charge on any atom is -0.497 e. The summed E-state index contributed by atoms with van der Waals surface area (Å²) in [4.78, 5) is 27.6. The molecule has 0 aliphatic rings. The molecule has 0 bridgehead atoms. The van der Waals surface area contributed by atoms with Crippen LogP contribution in [0.1, 0.15) is 45.6 Å². The summed E-state index contributed by atoms with van der Waals surface area (Å²) in [5, 5.41) is 2.92. The normalized spacial score (nSPS) is 12.9.